The van der Waals surface area contributed by atoms with Crippen molar-refractivity contribution in [3.05, 3.63) is 0 Å². The average molecular weight is 224 g/mol. The maximum absolute atomic E-state index is 11.8. The molecule has 0 aromatic carbocycles. The summed E-state index contributed by atoms with van der Waals surface area (Å²) >= 11 is 0. The van der Waals surface area contributed by atoms with Crippen molar-refractivity contribution in [3.63, 3.8) is 0 Å². The van der Waals surface area contributed by atoms with Gasteiger partial charge < -0.3 is 9.64 Å². The van der Waals surface area contributed by atoms with Gasteiger partial charge in [0, 0.05) is 31.6 Å². The molecule has 0 saturated carbocycles. The van der Waals surface area contributed by atoms with E-state index in [4.69, 9.17) is 0 Å². The van der Waals surface area contributed by atoms with Crippen LogP contribution in [0.25, 0.3) is 0 Å². The summed E-state index contributed by atoms with van der Waals surface area (Å²) in [6.45, 7) is 2.82. The molecule has 2 saturated heterocycles. The Labute approximate surface area is 86.8 Å². The third kappa shape index (κ3) is 2.62. The highest BCUT2D eigenvalue weighted by Gasteiger charge is 2.50. The summed E-state index contributed by atoms with van der Waals surface area (Å²) in [5.74, 6) is 0. The van der Waals surface area contributed by atoms with Crippen molar-refractivity contribution in [3.8, 4) is 0 Å². The monoisotopic (exact) mass is 224 g/mol. The van der Waals surface area contributed by atoms with Gasteiger partial charge in [-0.25, -0.2) is 0 Å². The van der Waals surface area contributed by atoms with Gasteiger partial charge in [-0.05, 0) is 7.05 Å². The standard InChI is InChI=1S/C9H15F3N2O/c1-13-2-8(3-13)4-14(5-8)7-15-6-9(10,11)12/h2-7H2,1H3. The third-order valence-corrected chi connectivity index (χ3v) is 2.87. The van der Waals surface area contributed by atoms with E-state index in [1.807, 2.05) is 11.9 Å². The summed E-state index contributed by atoms with van der Waals surface area (Å²) in [5.41, 5.74) is 0.357. The van der Waals surface area contributed by atoms with E-state index >= 15 is 0 Å². The lowest BCUT2D eigenvalue weighted by Crippen LogP contribution is -2.71. The molecule has 15 heavy (non-hydrogen) atoms. The lowest BCUT2D eigenvalue weighted by Gasteiger charge is -2.59. The van der Waals surface area contributed by atoms with Crippen molar-refractivity contribution < 1.29 is 17.9 Å². The SMILES string of the molecule is CN1CC2(C1)CN(COCC(F)(F)F)C2. The molecule has 0 N–H and O–H groups in total. The Morgan fingerprint density at radius 1 is 1.20 bits per heavy atom. The number of nitrogens with zero attached hydrogens (tertiary/aromatic N) is 2. The van der Waals surface area contributed by atoms with Gasteiger partial charge in [0.1, 0.15) is 6.61 Å². The Morgan fingerprint density at radius 2 is 1.80 bits per heavy atom. The Morgan fingerprint density at radius 3 is 2.27 bits per heavy atom. The molecule has 0 aliphatic carbocycles. The van der Waals surface area contributed by atoms with Crippen LogP contribution >= 0.6 is 0 Å². The van der Waals surface area contributed by atoms with E-state index in [9.17, 15) is 13.2 Å². The molecule has 6 heteroatoms. The van der Waals surface area contributed by atoms with Crippen LogP contribution in [-0.2, 0) is 4.74 Å². The number of alkyl halides is 3. The first-order chi connectivity index (χ1) is 6.89. The van der Waals surface area contributed by atoms with Crippen molar-refractivity contribution in [2.75, 3.05) is 46.6 Å². The lowest BCUT2D eigenvalue weighted by atomic mass is 9.73. The van der Waals surface area contributed by atoms with Crippen LogP contribution in [0, 0.1) is 5.41 Å². The van der Waals surface area contributed by atoms with Gasteiger partial charge in [0.15, 0.2) is 0 Å². The summed E-state index contributed by atoms with van der Waals surface area (Å²) in [7, 11) is 2.05. The lowest BCUT2D eigenvalue weighted by molar-refractivity contribution is -0.201. The molecule has 0 aromatic rings. The van der Waals surface area contributed by atoms with Crippen molar-refractivity contribution in [2.45, 2.75) is 6.18 Å². The molecule has 0 amide bonds. The van der Waals surface area contributed by atoms with E-state index in [1.165, 1.54) is 0 Å². The molecule has 88 valence electrons. The molecule has 2 aliphatic heterocycles. The van der Waals surface area contributed by atoms with Crippen LogP contribution in [0.1, 0.15) is 0 Å². The Bertz CT molecular complexity index is 230. The first kappa shape index (κ1) is 11.2. The number of rotatable bonds is 3. The van der Waals surface area contributed by atoms with Crippen molar-refractivity contribution >= 4 is 0 Å². The molecule has 0 atom stereocenters. The van der Waals surface area contributed by atoms with E-state index in [0.29, 0.717) is 5.41 Å². The Hall–Kier alpha value is -0.330. The van der Waals surface area contributed by atoms with Gasteiger partial charge in [0.05, 0.1) is 6.73 Å². The Balaban J connectivity index is 1.57. The number of halogens is 3. The van der Waals surface area contributed by atoms with Crippen LogP contribution in [0.3, 0.4) is 0 Å². The number of likely N-dealkylation sites (tertiary alicyclic amines) is 2. The highest BCUT2D eigenvalue weighted by Crippen LogP contribution is 2.38. The predicted octanol–water partition coefficient (Wildman–Crippen LogP) is 0.770. The highest BCUT2D eigenvalue weighted by molar-refractivity contribution is 5.03. The quantitative estimate of drug-likeness (QED) is 0.704. The second-order valence-corrected chi connectivity index (χ2v) is 4.75. The fourth-order valence-corrected chi connectivity index (χ4v) is 2.58. The van der Waals surface area contributed by atoms with E-state index < -0.39 is 12.8 Å². The zero-order valence-electron chi connectivity index (χ0n) is 8.68. The van der Waals surface area contributed by atoms with Crippen LogP contribution < -0.4 is 0 Å². The minimum Gasteiger partial charge on any atom is -0.357 e. The second-order valence-electron chi connectivity index (χ2n) is 4.75. The molecule has 2 rings (SSSR count). The van der Waals surface area contributed by atoms with Gasteiger partial charge in [0.2, 0.25) is 0 Å². The minimum absolute atomic E-state index is 0.102. The fourth-order valence-electron chi connectivity index (χ4n) is 2.58. The zero-order valence-corrected chi connectivity index (χ0v) is 8.68. The second kappa shape index (κ2) is 3.61. The van der Waals surface area contributed by atoms with Crippen LogP contribution in [0.15, 0.2) is 0 Å². The molecule has 3 nitrogen and oxygen atoms in total. The molecular weight excluding hydrogens is 209 g/mol. The zero-order chi connectivity index (χ0) is 11.1. The van der Waals surface area contributed by atoms with E-state index in [1.54, 1.807) is 0 Å². The van der Waals surface area contributed by atoms with Crippen molar-refractivity contribution in [2.24, 2.45) is 5.41 Å². The summed E-state index contributed by atoms with van der Waals surface area (Å²) < 4.78 is 39.9. The largest absolute Gasteiger partial charge is 0.411 e. The van der Waals surface area contributed by atoms with Gasteiger partial charge in [-0.1, -0.05) is 0 Å². The summed E-state index contributed by atoms with van der Waals surface area (Å²) in [6, 6.07) is 0. The minimum atomic E-state index is -4.21. The average Bonchev–Trinajstić information content (AvgIpc) is 1.94. The smallest absolute Gasteiger partial charge is 0.357 e. The van der Waals surface area contributed by atoms with E-state index in [0.717, 1.165) is 26.2 Å². The predicted molar refractivity (Wildman–Crippen MR) is 48.4 cm³/mol. The van der Waals surface area contributed by atoms with Crippen LogP contribution in [0.2, 0.25) is 0 Å². The molecule has 0 unspecified atom stereocenters. The Kier molecular flexibility index (Phi) is 2.68. The summed E-state index contributed by atoms with van der Waals surface area (Å²) in [5, 5.41) is 0. The molecule has 0 bridgehead atoms. The van der Waals surface area contributed by atoms with E-state index in [-0.39, 0.29) is 6.73 Å². The molecular formula is C9H15F3N2O. The van der Waals surface area contributed by atoms with Crippen LogP contribution in [0.4, 0.5) is 13.2 Å². The molecule has 0 aromatic heterocycles. The van der Waals surface area contributed by atoms with Crippen LogP contribution in [-0.4, -0.2) is 62.5 Å². The summed E-state index contributed by atoms with van der Waals surface area (Å²) in [4.78, 5) is 4.13. The van der Waals surface area contributed by atoms with Gasteiger partial charge >= 0.3 is 6.18 Å². The van der Waals surface area contributed by atoms with Gasteiger partial charge in [-0.2, -0.15) is 13.2 Å². The van der Waals surface area contributed by atoms with Gasteiger partial charge in [-0.3, -0.25) is 4.90 Å². The van der Waals surface area contributed by atoms with Crippen molar-refractivity contribution in [1.29, 1.82) is 0 Å². The fraction of sp³-hybridized carbons (Fsp3) is 1.00. The number of hydrogen-bond donors (Lipinski definition) is 0. The normalized spacial score (nSPS) is 26.4. The molecule has 2 aliphatic rings. The van der Waals surface area contributed by atoms with Crippen LogP contribution in [0.5, 0.6) is 0 Å². The topological polar surface area (TPSA) is 15.7 Å². The van der Waals surface area contributed by atoms with Gasteiger partial charge in [0.25, 0.3) is 0 Å². The maximum atomic E-state index is 11.8. The van der Waals surface area contributed by atoms with Gasteiger partial charge in [-0.15, -0.1) is 0 Å². The molecule has 1 spiro atoms. The molecule has 2 heterocycles. The third-order valence-electron chi connectivity index (χ3n) is 2.87. The maximum Gasteiger partial charge on any atom is 0.411 e. The number of ether oxygens (including phenoxy) is 1. The van der Waals surface area contributed by atoms with E-state index in [2.05, 4.69) is 9.64 Å². The van der Waals surface area contributed by atoms with Crippen molar-refractivity contribution in [1.82, 2.24) is 9.80 Å². The highest BCUT2D eigenvalue weighted by atomic mass is 19.4. The summed E-state index contributed by atoms with van der Waals surface area (Å²) in [6.07, 6.45) is -4.21. The first-order valence-corrected chi connectivity index (χ1v) is 4.94. The molecule has 0 radical (unpaired) electrons. The number of hydrogen-bond acceptors (Lipinski definition) is 3. The molecule has 2 fully saturated rings. The first-order valence-electron chi connectivity index (χ1n) is 4.94.